The second kappa shape index (κ2) is 6.08. The lowest BCUT2D eigenvalue weighted by molar-refractivity contribution is 0.0784. The average Bonchev–Trinajstić information content (AvgIpc) is 2.63. The summed E-state index contributed by atoms with van der Waals surface area (Å²) in [5, 5.41) is 0. The fourth-order valence-electron chi connectivity index (χ4n) is 3.06. The Labute approximate surface area is 121 Å². The lowest BCUT2D eigenvalue weighted by atomic mass is 9.76. The fraction of sp³-hybridized carbons (Fsp3) is 0.750. The molecule has 0 spiro atoms. The quantitative estimate of drug-likeness (QED) is 0.850. The van der Waals surface area contributed by atoms with Crippen LogP contribution in [0.1, 0.15) is 44.9 Å². The molecule has 0 aromatic carbocycles. The van der Waals surface area contributed by atoms with Gasteiger partial charge in [0.1, 0.15) is 11.6 Å². The summed E-state index contributed by atoms with van der Waals surface area (Å²) in [6.07, 6.45) is 6.04. The fourth-order valence-corrected chi connectivity index (χ4v) is 3.06. The van der Waals surface area contributed by atoms with Crippen molar-refractivity contribution < 1.29 is 4.74 Å². The maximum atomic E-state index is 5.81. The summed E-state index contributed by atoms with van der Waals surface area (Å²) in [4.78, 5) is 11.5. The van der Waals surface area contributed by atoms with E-state index in [9.17, 15) is 0 Å². The number of aromatic nitrogens is 2. The van der Waals surface area contributed by atoms with Crippen LogP contribution < -0.4 is 4.90 Å². The van der Waals surface area contributed by atoms with Crippen LogP contribution in [-0.2, 0) is 4.74 Å². The van der Waals surface area contributed by atoms with Crippen LogP contribution in [-0.4, -0.2) is 36.3 Å². The van der Waals surface area contributed by atoms with Gasteiger partial charge in [0.25, 0.3) is 0 Å². The van der Waals surface area contributed by atoms with Crippen LogP contribution in [0.3, 0.4) is 0 Å². The van der Waals surface area contributed by atoms with Gasteiger partial charge in [-0.3, -0.25) is 0 Å². The van der Waals surface area contributed by atoms with E-state index in [0.29, 0.717) is 11.8 Å². The van der Waals surface area contributed by atoms with Gasteiger partial charge in [0.05, 0.1) is 13.2 Å². The molecule has 3 rings (SSSR count). The van der Waals surface area contributed by atoms with Crippen molar-refractivity contribution in [3.8, 4) is 0 Å². The molecule has 2 fully saturated rings. The Hall–Kier alpha value is -1.16. The van der Waals surface area contributed by atoms with Crippen molar-refractivity contribution >= 4 is 5.82 Å². The third-order valence-corrected chi connectivity index (χ3v) is 4.61. The summed E-state index contributed by atoms with van der Waals surface area (Å²) >= 11 is 0. The molecule has 2 aliphatic rings. The van der Waals surface area contributed by atoms with E-state index in [1.165, 1.54) is 19.3 Å². The molecular weight excluding hydrogens is 250 g/mol. The maximum Gasteiger partial charge on any atom is 0.133 e. The van der Waals surface area contributed by atoms with Crippen molar-refractivity contribution in [2.24, 2.45) is 11.8 Å². The van der Waals surface area contributed by atoms with E-state index in [4.69, 9.17) is 9.72 Å². The Balaban J connectivity index is 1.75. The zero-order valence-electron chi connectivity index (χ0n) is 12.6. The minimum Gasteiger partial charge on any atom is -0.379 e. The summed E-state index contributed by atoms with van der Waals surface area (Å²) in [6.45, 7) is 8.04. The molecule has 20 heavy (non-hydrogen) atoms. The van der Waals surface area contributed by atoms with Gasteiger partial charge in [0, 0.05) is 31.1 Å². The summed E-state index contributed by atoms with van der Waals surface area (Å²) in [5.74, 6) is 3.91. The molecule has 4 nitrogen and oxygen atoms in total. The Bertz CT molecular complexity index is 445. The van der Waals surface area contributed by atoms with Crippen molar-refractivity contribution in [2.75, 3.05) is 31.2 Å². The third-order valence-electron chi connectivity index (χ3n) is 4.61. The predicted molar refractivity (Wildman–Crippen MR) is 80.0 cm³/mol. The normalized spacial score (nSPS) is 24.6. The van der Waals surface area contributed by atoms with Crippen molar-refractivity contribution in [1.82, 2.24) is 9.97 Å². The van der Waals surface area contributed by atoms with Gasteiger partial charge in [0.2, 0.25) is 0 Å². The van der Waals surface area contributed by atoms with E-state index in [-0.39, 0.29) is 0 Å². The molecule has 1 aliphatic heterocycles. The Kier molecular flexibility index (Phi) is 4.20. The van der Waals surface area contributed by atoms with Gasteiger partial charge < -0.3 is 9.64 Å². The van der Waals surface area contributed by atoms with Gasteiger partial charge in [-0.05, 0) is 12.0 Å². The molecular formula is C16H25N3O. The predicted octanol–water partition coefficient (Wildman–Crippen LogP) is 2.85. The first-order valence-corrected chi connectivity index (χ1v) is 7.89. The zero-order valence-corrected chi connectivity index (χ0v) is 12.6. The third kappa shape index (κ3) is 2.95. The van der Waals surface area contributed by atoms with Gasteiger partial charge >= 0.3 is 0 Å². The number of hydrogen-bond acceptors (Lipinski definition) is 4. The highest BCUT2D eigenvalue weighted by molar-refractivity contribution is 5.38. The van der Waals surface area contributed by atoms with Gasteiger partial charge in [0.15, 0.2) is 0 Å². The van der Waals surface area contributed by atoms with Crippen molar-refractivity contribution in [3.63, 3.8) is 0 Å². The van der Waals surface area contributed by atoms with Crippen LogP contribution in [0.4, 0.5) is 5.82 Å². The van der Waals surface area contributed by atoms with Gasteiger partial charge in [-0.25, -0.2) is 9.97 Å². The number of anilines is 1. The Morgan fingerprint density at radius 2 is 2.15 bits per heavy atom. The van der Waals surface area contributed by atoms with Crippen LogP contribution >= 0.6 is 0 Å². The first-order valence-electron chi connectivity index (χ1n) is 7.89. The van der Waals surface area contributed by atoms with Crippen LogP contribution in [0.2, 0.25) is 0 Å². The number of ether oxygens (including phenoxy) is 1. The summed E-state index contributed by atoms with van der Waals surface area (Å²) in [5.41, 5.74) is 0. The second-order valence-electron chi connectivity index (χ2n) is 6.40. The molecule has 1 unspecified atom stereocenters. The monoisotopic (exact) mass is 275 g/mol. The van der Waals surface area contributed by atoms with Crippen LogP contribution in [0.15, 0.2) is 12.3 Å². The molecule has 0 bridgehead atoms. The average molecular weight is 275 g/mol. The smallest absolute Gasteiger partial charge is 0.133 e. The molecule has 1 aliphatic carbocycles. The topological polar surface area (TPSA) is 38.2 Å². The van der Waals surface area contributed by atoms with E-state index in [1.54, 1.807) is 0 Å². The van der Waals surface area contributed by atoms with Gasteiger partial charge in [-0.1, -0.05) is 33.1 Å². The lowest BCUT2D eigenvalue weighted by Gasteiger charge is -2.35. The maximum absolute atomic E-state index is 5.81. The van der Waals surface area contributed by atoms with Crippen molar-refractivity contribution in [2.45, 2.75) is 39.0 Å². The molecule has 0 amide bonds. The van der Waals surface area contributed by atoms with Gasteiger partial charge in [-0.15, -0.1) is 0 Å². The number of nitrogens with zero attached hydrogens (tertiary/aromatic N) is 3. The van der Waals surface area contributed by atoms with Gasteiger partial charge in [-0.2, -0.15) is 0 Å². The molecule has 1 aromatic heterocycles. The van der Waals surface area contributed by atoms with Crippen LogP contribution in [0, 0.1) is 11.8 Å². The number of hydrogen-bond donors (Lipinski definition) is 0. The molecule has 1 atom stereocenters. The molecule has 110 valence electrons. The summed E-state index contributed by atoms with van der Waals surface area (Å²) in [7, 11) is 0. The van der Waals surface area contributed by atoms with Crippen molar-refractivity contribution in [3.05, 3.63) is 18.1 Å². The summed E-state index contributed by atoms with van der Waals surface area (Å²) < 4.78 is 5.81. The molecule has 1 saturated heterocycles. The highest BCUT2D eigenvalue weighted by atomic mass is 16.5. The second-order valence-corrected chi connectivity index (χ2v) is 6.40. The highest BCUT2D eigenvalue weighted by Gasteiger charge is 2.30. The summed E-state index contributed by atoms with van der Waals surface area (Å²) in [6, 6.07) is 2.04. The molecule has 1 aromatic rings. The SMILES string of the molecule is CC(C)c1nccc(N2CCOCC(C3CCC3)C2)n1. The van der Waals surface area contributed by atoms with Crippen LogP contribution in [0.25, 0.3) is 0 Å². The Morgan fingerprint density at radius 3 is 2.85 bits per heavy atom. The lowest BCUT2D eigenvalue weighted by Crippen LogP contribution is -2.36. The largest absolute Gasteiger partial charge is 0.379 e. The first-order chi connectivity index (χ1) is 9.74. The minimum atomic E-state index is 0.376. The van der Waals surface area contributed by atoms with E-state index in [1.807, 2.05) is 12.3 Å². The zero-order chi connectivity index (χ0) is 13.9. The van der Waals surface area contributed by atoms with E-state index in [2.05, 4.69) is 23.7 Å². The van der Waals surface area contributed by atoms with E-state index < -0.39 is 0 Å². The van der Waals surface area contributed by atoms with E-state index in [0.717, 1.165) is 43.9 Å². The minimum absolute atomic E-state index is 0.376. The number of rotatable bonds is 3. The van der Waals surface area contributed by atoms with E-state index >= 15 is 0 Å². The van der Waals surface area contributed by atoms with Crippen molar-refractivity contribution in [1.29, 1.82) is 0 Å². The molecule has 0 N–H and O–H groups in total. The molecule has 4 heteroatoms. The molecule has 2 heterocycles. The van der Waals surface area contributed by atoms with Crippen LogP contribution in [0.5, 0.6) is 0 Å². The highest BCUT2D eigenvalue weighted by Crippen LogP contribution is 2.35. The molecule has 1 saturated carbocycles. The standard InChI is InChI=1S/C16H25N3O/c1-12(2)16-17-7-6-15(18-16)19-8-9-20-11-14(10-19)13-4-3-5-13/h6-7,12-14H,3-5,8-11H2,1-2H3. The first kappa shape index (κ1) is 13.8. The molecule has 0 radical (unpaired) electrons. The Morgan fingerprint density at radius 1 is 1.30 bits per heavy atom.